The van der Waals surface area contributed by atoms with Crippen LogP contribution in [0.4, 0.5) is 0 Å². The SMILES string of the molecule is ClC1C(Br)(Br)C(Br)(Br)C(Br)(Br)C(Br)(Br)C1(Br)Br. The quantitative estimate of drug-likeness (QED) is 0.216. The van der Waals surface area contributed by atoms with E-state index in [0.29, 0.717) is 0 Å². The molecule has 1 rings (SSSR count). The Morgan fingerprint density at radius 3 is 1.00 bits per heavy atom. The summed E-state index contributed by atoms with van der Waals surface area (Å²) in [5.74, 6) is 0. The highest BCUT2D eigenvalue weighted by Crippen LogP contribution is 2.78. The van der Waals surface area contributed by atoms with Gasteiger partial charge < -0.3 is 0 Å². The van der Waals surface area contributed by atoms with Gasteiger partial charge in [0.2, 0.25) is 0 Å². The summed E-state index contributed by atoms with van der Waals surface area (Å²) >= 11 is 42.9. The monoisotopic (exact) mass is 897 g/mol. The van der Waals surface area contributed by atoms with E-state index in [1.807, 2.05) is 0 Å². The molecule has 1 saturated carbocycles. The van der Waals surface area contributed by atoms with Crippen molar-refractivity contribution in [1.29, 1.82) is 0 Å². The Morgan fingerprint density at radius 1 is 0.529 bits per heavy atom. The van der Waals surface area contributed by atoms with E-state index in [2.05, 4.69) is 159 Å². The van der Waals surface area contributed by atoms with Crippen molar-refractivity contribution in [3.8, 4) is 0 Å². The molecule has 0 bridgehead atoms. The van der Waals surface area contributed by atoms with E-state index in [0.717, 1.165) is 0 Å². The second-order valence-corrected chi connectivity index (χ2v) is 21.2. The van der Waals surface area contributed by atoms with E-state index in [4.69, 9.17) is 11.6 Å². The number of alkyl halides is 11. The second kappa shape index (κ2) is 5.87. The molecule has 0 amide bonds. The molecule has 1 aliphatic rings. The fourth-order valence-corrected chi connectivity index (χ4v) is 12.4. The average Bonchev–Trinajstić information content (AvgIpc) is 2.13. The van der Waals surface area contributed by atoms with Gasteiger partial charge >= 0.3 is 0 Å². The highest BCUT2D eigenvalue weighted by atomic mass is 79.9. The first-order valence-corrected chi connectivity index (χ1v) is 12.1. The third-order valence-corrected chi connectivity index (χ3v) is 24.0. The lowest BCUT2D eigenvalue weighted by Gasteiger charge is -2.61. The zero-order valence-electron chi connectivity index (χ0n) is 7.23. The minimum atomic E-state index is -0.667. The van der Waals surface area contributed by atoms with Crippen molar-refractivity contribution >= 4 is 171 Å². The summed E-state index contributed by atoms with van der Waals surface area (Å²) < 4.78 is -3.32. The maximum atomic E-state index is 6.55. The maximum Gasteiger partial charge on any atom is 0.135 e. The third kappa shape index (κ3) is 2.73. The fraction of sp³-hybridized carbons (Fsp3) is 1.00. The molecule has 102 valence electrons. The summed E-state index contributed by atoms with van der Waals surface area (Å²) in [7, 11) is 0. The fourth-order valence-electron chi connectivity index (χ4n) is 1.16. The zero-order valence-corrected chi connectivity index (χ0v) is 23.9. The van der Waals surface area contributed by atoms with Gasteiger partial charge in [0.25, 0.3) is 0 Å². The molecular formula is C6HBr10Cl. The molecule has 0 unspecified atom stereocenters. The van der Waals surface area contributed by atoms with Gasteiger partial charge in [0, 0.05) is 0 Å². The highest BCUT2D eigenvalue weighted by molar-refractivity contribution is 9.35. The molecule has 0 nitrogen and oxygen atoms in total. The van der Waals surface area contributed by atoms with Gasteiger partial charge in [0.15, 0.2) is 0 Å². The smallest absolute Gasteiger partial charge is 0.118 e. The Labute approximate surface area is 189 Å². The lowest BCUT2D eigenvalue weighted by atomic mass is 9.98. The van der Waals surface area contributed by atoms with Crippen molar-refractivity contribution < 1.29 is 0 Å². The summed E-state index contributed by atoms with van der Waals surface area (Å²) in [6.07, 6.45) is 0. The largest absolute Gasteiger partial charge is 0.135 e. The minimum absolute atomic E-state index is 0.393. The van der Waals surface area contributed by atoms with Gasteiger partial charge in [-0.2, -0.15) is 0 Å². The van der Waals surface area contributed by atoms with Crippen molar-refractivity contribution in [1.82, 2.24) is 0 Å². The van der Waals surface area contributed by atoms with Crippen molar-refractivity contribution in [2.75, 3.05) is 0 Å². The second-order valence-electron chi connectivity index (χ2n) is 3.33. The first kappa shape index (κ1) is 20.1. The van der Waals surface area contributed by atoms with Gasteiger partial charge in [-0.15, -0.1) is 11.6 Å². The Morgan fingerprint density at radius 2 is 0.765 bits per heavy atom. The van der Waals surface area contributed by atoms with Crippen molar-refractivity contribution in [3.63, 3.8) is 0 Å². The summed E-state index contributed by atoms with van der Waals surface area (Å²) in [6.45, 7) is 0. The third-order valence-electron chi connectivity index (χ3n) is 2.26. The standard InChI is InChI=1S/C6HBr10Cl/c7-2(8)1(17)3(9,10)5(13,14)6(15,16)4(2,11)12/h1H. The van der Waals surface area contributed by atoms with Crippen LogP contribution in [0.5, 0.6) is 0 Å². The van der Waals surface area contributed by atoms with E-state index < -0.39 is 21.5 Å². The number of hydrogen-bond donors (Lipinski definition) is 0. The lowest BCUT2D eigenvalue weighted by Crippen LogP contribution is -2.72. The molecule has 0 saturated heterocycles. The van der Waals surface area contributed by atoms with Crippen LogP contribution in [0.1, 0.15) is 0 Å². The normalized spacial score (nSPS) is 33.4. The van der Waals surface area contributed by atoms with E-state index >= 15 is 0 Å². The molecule has 0 aromatic carbocycles. The average molecular weight is 908 g/mol. The molecule has 11 heteroatoms. The molecule has 0 aliphatic heterocycles. The molecular weight excluding hydrogens is 907 g/mol. The Hall–Kier alpha value is 5.09. The minimum Gasteiger partial charge on any atom is -0.118 e. The molecule has 1 fully saturated rings. The van der Waals surface area contributed by atoms with Crippen LogP contribution in [0, 0.1) is 0 Å². The number of hydrogen-bond acceptors (Lipinski definition) is 0. The molecule has 17 heavy (non-hydrogen) atoms. The Balaban J connectivity index is 3.56. The van der Waals surface area contributed by atoms with Crippen LogP contribution in [0.2, 0.25) is 0 Å². The van der Waals surface area contributed by atoms with Crippen LogP contribution >= 0.6 is 171 Å². The predicted octanol–water partition coefficient (Wildman–Crippen LogP) is 8.04. The summed E-state index contributed by atoms with van der Waals surface area (Å²) in [5, 5.41) is -0.393. The van der Waals surface area contributed by atoms with Crippen molar-refractivity contribution in [2.24, 2.45) is 0 Å². The topological polar surface area (TPSA) is 0 Å². The molecule has 0 aromatic heterocycles. The molecule has 0 heterocycles. The molecule has 0 atom stereocenters. The highest BCUT2D eigenvalue weighted by Gasteiger charge is 2.79. The van der Waals surface area contributed by atoms with Gasteiger partial charge in [0.05, 0.1) is 5.38 Å². The lowest BCUT2D eigenvalue weighted by molar-refractivity contribution is 0.503. The van der Waals surface area contributed by atoms with Gasteiger partial charge in [-0.3, -0.25) is 0 Å². The predicted molar refractivity (Wildman–Crippen MR) is 113 cm³/mol. The van der Waals surface area contributed by atoms with Crippen LogP contribution in [-0.4, -0.2) is 21.5 Å². The van der Waals surface area contributed by atoms with Gasteiger partial charge in [-0.25, -0.2) is 0 Å². The molecule has 0 N–H and O–H groups in total. The molecule has 1 aliphatic carbocycles. The van der Waals surface area contributed by atoms with Crippen LogP contribution in [0.3, 0.4) is 0 Å². The van der Waals surface area contributed by atoms with E-state index in [1.54, 1.807) is 0 Å². The first-order chi connectivity index (χ1) is 7.15. The summed E-state index contributed by atoms with van der Waals surface area (Å²) in [4.78, 5) is 0. The van der Waals surface area contributed by atoms with Crippen molar-refractivity contribution in [3.05, 3.63) is 0 Å². The summed E-state index contributed by atoms with van der Waals surface area (Å²) in [6, 6.07) is 0. The molecule has 0 spiro atoms. The zero-order chi connectivity index (χ0) is 14.1. The van der Waals surface area contributed by atoms with Crippen LogP contribution in [0.25, 0.3) is 0 Å². The van der Waals surface area contributed by atoms with Crippen LogP contribution in [-0.2, 0) is 0 Å². The van der Waals surface area contributed by atoms with E-state index in [1.165, 1.54) is 0 Å². The van der Waals surface area contributed by atoms with Crippen LogP contribution in [0.15, 0.2) is 0 Å². The van der Waals surface area contributed by atoms with E-state index in [9.17, 15) is 0 Å². The molecule has 0 radical (unpaired) electrons. The Bertz CT molecular complexity index is 304. The number of rotatable bonds is 0. The molecule has 0 aromatic rings. The van der Waals surface area contributed by atoms with Gasteiger partial charge in [-0.1, -0.05) is 159 Å². The van der Waals surface area contributed by atoms with Crippen LogP contribution < -0.4 is 0 Å². The maximum absolute atomic E-state index is 6.55. The van der Waals surface area contributed by atoms with Gasteiger partial charge in [-0.05, 0) is 0 Å². The Kier molecular flexibility index (Phi) is 6.95. The summed E-state index contributed by atoms with van der Waals surface area (Å²) in [5.41, 5.74) is 0. The first-order valence-electron chi connectivity index (χ1n) is 3.69. The van der Waals surface area contributed by atoms with Gasteiger partial charge in [0.1, 0.15) is 16.2 Å². The van der Waals surface area contributed by atoms with Crippen molar-refractivity contribution in [2.45, 2.75) is 21.5 Å². The number of halogens is 11. The van der Waals surface area contributed by atoms with E-state index in [-0.39, 0.29) is 0 Å².